The molecule has 3 rings (SSSR count). The van der Waals surface area contributed by atoms with Crippen molar-refractivity contribution in [3.63, 3.8) is 0 Å². The van der Waals surface area contributed by atoms with E-state index in [1.807, 2.05) is 0 Å². The van der Waals surface area contributed by atoms with Crippen molar-refractivity contribution in [2.24, 2.45) is 6.98 Å². The summed E-state index contributed by atoms with van der Waals surface area (Å²) in [4.78, 5) is 25.2. The van der Waals surface area contributed by atoms with Crippen LogP contribution in [0.1, 0.15) is 11.0 Å². The molecule has 0 saturated heterocycles. The number of anilines is 3. The Hall–Kier alpha value is -2.65. The summed E-state index contributed by atoms with van der Waals surface area (Å²) in [6.45, 7) is -1.09. The second kappa shape index (κ2) is 7.95. The zero-order chi connectivity index (χ0) is 19.6. The molecule has 8 nitrogen and oxygen atoms in total. The molecule has 25 heavy (non-hydrogen) atoms. The number of aliphatic hydroxyl groups is 1. The topological polar surface area (TPSA) is 105 Å². The molecule has 3 N–H and O–H groups in total. The lowest BCUT2D eigenvalue weighted by molar-refractivity contribution is 0.281. The molecule has 1 atom stereocenters. The Morgan fingerprint density at radius 2 is 2.24 bits per heavy atom. The van der Waals surface area contributed by atoms with Crippen molar-refractivity contribution in [1.29, 1.82) is 0 Å². The third-order valence-corrected chi connectivity index (χ3v) is 3.36. The van der Waals surface area contributed by atoms with E-state index in [4.69, 9.17) is 4.11 Å². The van der Waals surface area contributed by atoms with Crippen LogP contribution in [0.4, 0.5) is 17.5 Å². The van der Waals surface area contributed by atoms with Gasteiger partial charge in [-0.25, -0.2) is 9.97 Å². The summed E-state index contributed by atoms with van der Waals surface area (Å²) in [6.07, 6.45) is 5.79. The number of aromatic nitrogens is 4. The fourth-order valence-corrected chi connectivity index (χ4v) is 2.21. The van der Waals surface area contributed by atoms with Gasteiger partial charge in [-0.2, -0.15) is 13.5 Å². The van der Waals surface area contributed by atoms with Crippen molar-refractivity contribution in [3.05, 3.63) is 47.3 Å². The smallest absolute Gasteiger partial charge is 0.261 e. The maximum atomic E-state index is 12.8. The van der Waals surface area contributed by atoms with E-state index in [2.05, 4.69) is 25.6 Å². The number of fused-ring (bicyclic) bond motifs is 1. The van der Waals surface area contributed by atoms with Crippen LogP contribution in [0.25, 0.3) is 10.8 Å². The van der Waals surface area contributed by atoms with Crippen molar-refractivity contribution in [2.75, 3.05) is 17.2 Å². The molecular formula is C16H20N6O2S. The minimum absolute atomic E-state index is 0. The maximum absolute atomic E-state index is 12.8. The molecule has 0 fully saturated rings. The number of hydrogen-bond donors (Lipinski definition) is 3. The van der Waals surface area contributed by atoms with Gasteiger partial charge in [-0.05, 0) is 24.4 Å². The predicted octanol–water partition coefficient (Wildman–Crippen LogP) is 1.37. The first-order chi connectivity index (χ1) is 12.8. The van der Waals surface area contributed by atoms with Crippen LogP contribution in [0, 0.1) is 0 Å². The monoisotopic (exact) mass is 363 g/mol. The standard InChI is InChI=1S/C16H18N6O2.H2S/c1-10(9-23)19-15-14-11(3-6-22(2)16(14)24)7-12(21-15)20-13-8-17-4-5-18-13;/h3-8,10,23H,9H2,1-2H3,(H2,18,19,20,21);1H2/t10-;/m0./s1/i2D3;. The normalized spacial score (nSPS) is 13.9. The number of aliphatic hydroxyl groups excluding tert-OH is 1. The second-order valence-corrected chi connectivity index (χ2v) is 5.25. The SMILES string of the molecule is S.[2H]C([2H])([2H])n1ccc2cc(Nc3cnccn3)nc(N[C@@H](C)CO)c2c1=O. The van der Waals surface area contributed by atoms with Gasteiger partial charge in [0.2, 0.25) is 0 Å². The molecule has 0 radical (unpaired) electrons. The summed E-state index contributed by atoms with van der Waals surface area (Å²) in [6, 6.07) is 2.75. The van der Waals surface area contributed by atoms with Crippen molar-refractivity contribution in [3.8, 4) is 0 Å². The molecule has 0 spiro atoms. The molecule has 0 aliphatic carbocycles. The third-order valence-electron chi connectivity index (χ3n) is 3.36. The van der Waals surface area contributed by atoms with E-state index < -0.39 is 18.6 Å². The Labute approximate surface area is 155 Å². The first-order valence-corrected chi connectivity index (χ1v) is 7.27. The predicted molar refractivity (Wildman–Crippen MR) is 103 cm³/mol. The van der Waals surface area contributed by atoms with Gasteiger partial charge in [0.15, 0.2) is 0 Å². The number of hydrogen-bond acceptors (Lipinski definition) is 7. The quantitative estimate of drug-likeness (QED) is 0.629. The number of nitrogens with zero attached hydrogens (tertiary/aromatic N) is 4. The molecule has 0 amide bonds. The van der Waals surface area contributed by atoms with Gasteiger partial charge < -0.3 is 20.3 Å². The fourth-order valence-electron chi connectivity index (χ4n) is 2.21. The molecule has 0 aliphatic heterocycles. The van der Waals surface area contributed by atoms with Crippen LogP contribution in [-0.4, -0.2) is 37.3 Å². The molecule has 132 valence electrons. The van der Waals surface area contributed by atoms with Gasteiger partial charge in [-0.15, -0.1) is 0 Å². The molecule has 3 aromatic heterocycles. The Balaban J connectivity index is 0.00000280. The Morgan fingerprint density at radius 1 is 1.40 bits per heavy atom. The van der Waals surface area contributed by atoms with Gasteiger partial charge in [0, 0.05) is 35.7 Å². The zero-order valence-corrected chi connectivity index (χ0v) is 14.4. The highest BCUT2D eigenvalue weighted by Gasteiger charge is 2.13. The largest absolute Gasteiger partial charge is 0.394 e. The van der Waals surface area contributed by atoms with Crippen molar-refractivity contribution in [1.82, 2.24) is 19.5 Å². The van der Waals surface area contributed by atoms with Gasteiger partial charge in [0.05, 0.1) is 18.2 Å². The van der Waals surface area contributed by atoms with Gasteiger partial charge in [0.25, 0.3) is 5.56 Å². The number of pyridine rings is 2. The highest BCUT2D eigenvalue weighted by Crippen LogP contribution is 2.24. The molecule has 0 aromatic carbocycles. The van der Waals surface area contributed by atoms with Crippen molar-refractivity contribution < 1.29 is 9.22 Å². The maximum Gasteiger partial charge on any atom is 0.261 e. The number of nitrogens with one attached hydrogen (secondary N) is 2. The first kappa shape index (κ1) is 14.7. The molecular weight excluding hydrogens is 340 g/mol. The van der Waals surface area contributed by atoms with Gasteiger partial charge in [-0.1, -0.05) is 0 Å². The summed E-state index contributed by atoms with van der Waals surface area (Å²) >= 11 is 0. The highest BCUT2D eigenvalue weighted by atomic mass is 32.1. The molecule has 0 unspecified atom stereocenters. The lowest BCUT2D eigenvalue weighted by Crippen LogP contribution is -2.23. The van der Waals surface area contributed by atoms with Crippen LogP contribution in [0.3, 0.4) is 0 Å². The van der Waals surface area contributed by atoms with Crippen LogP contribution in [0.5, 0.6) is 0 Å². The second-order valence-electron chi connectivity index (χ2n) is 5.25. The average molecular weight is 363 g/mol. The summed E-state index contributed by atoms with van der Waals surface area (Å²) in [7, 11) is 0. The van der Waals surface area contributed by atoms with Crippen molar-refractivity contribution in [2.45, 2.75) is 13.0 Å². The summed E-state index contributed by atoms with van der Waals surface area (Å²) in [5, 5.41) is 15.9. The van der Waals surface area contributed by atoms with Gasteiger partial charge in [0.1, 0.15) is 17.5 Å². The molecule has 3 aromatic rings. The van der Waals surface area contributed by atoms with Gasteiger partial charge in [-0.3, -0.25) is 9.78 Å². The lowest BCUT2D eigenvalue weighted by atomic mass is 10.2. The van der Waals surface area contributed by atoms with Crippen LogP contribution in [-0.2, 0) is 6.98 Å². The van der Waals surface area contributed by atoms with Crippen LogP contribution in [0.2, 0.25) is 0 Å². The van der Waals surface area contributed by atoms with Crippen molar-refractivity contribution >= 4 is 41.7 Å². The molecule has 3 heterocycles. The van der Waals surface area contributed by atoms with Crippen LogP contribution >= 0.6 is 13.5 Å². The average Bonchev–Trinajstić information content (AvgIpc) is 2.61. The van der Waals surface area contributed by atoms with Crippen LogP contribution in [0.15, 0.2) is 41.7 Å². The van der Waals surface area contributed by atoms with Gasteiger partial charge >= 0.3 is 0 Å². The number of rotatable bonds is 5. The highest BCUT2D eigenvalue weighted by molar-refractivity contribution is 7.59. The Kier molecular flexibility index (Phi) is 4.67. The summed E-state index contributed by atoms with van der Waals surface area (Å²) < 4.78 is 23.2. The van der Waals surface area contributed by atoms with E-state index >= 15 is 0 Å². The van der Waals surface area contributed by atoms with E-state index in [1.54, 1.807) is 13.0 Å². The third kappa shape index (κ3) is 4.06. The molecule has 0 bridgehead atoms. The minimum atomic E-state index is -2.61. The summed E-state index contributed by atoms with van der Waals surface area (Å²) in [5.74, 6) is 1.02. The van der Waals surface area contributed by atoms with E-state index in [0.717, 1.165) is 0 Å². The number of aryl methyl sites for hydroxylation is 1. The van der Waals surface area contributed by atoms with Crippen LogP contribution < -0.4 is 16.2 Å². The molecule has 9 heteroatoms. The first-order valence-electron chi connectivity index (χ1n) is 8.77. The van der Waals surface area contributed by atoms with E-state index in [1.165, 1.54) is 30.9 Å². The lowest BCUT2D eigenvalue weighted by Gasteiger charge is -2.15. The minimum Gasteiger partial charge on any atom is -0.394 e. The van der Waals surface area contributed by atoms with E-state index in [9.17, 15) is 9.90 Å². The van der Waals surface area contributed by atoms with E-state index in [-0.39, 0.29) is 31.3 Å². The molecule has 0 saturated carbocycles. The fraction of sp³-hybridized carbons (Fsp3) is 0.250. The zero-order valence-electron chi connectivity index (χ0n) is 16.4. The van der Waals surface area contributed by atoms with E-state index in [0.29, 0.717) is 21.6 Å². The Morgan fingerprint density at radius 3 is 2.92 bits per heavy atom. The summed E-state index contributed by atoms with van der Waals surface area (Å²) in [5.41, 5.74) is -0.696. The Bertz CT molecular complexity index is 1010. The molecule has 0 aliphatic rings.